The number of piperidine rings is 1. The van der Waals surface area contributed by atoms with Gasteiger partial charge in [0.05, 0.1) is 17.9 Å². The predicted octanol–water partition coefficient (Wildman–Crippen LogP) is 3.47. The molecule has 2 saturated heterocycles. The summed E-state index contributed by atoms with van der Waals surface area (Å²) in [5.41, 5.74) is 1.12. The minimum Gasteiger partial charge on any atom is -0.497 e. The van der Waals surface area contributed by atoms with Gasteiger partial charge in [-0.05, 0) is 74.1 Å². The zero-order chi connectivity index (χ0) is 22.7. The topological polar surface area (TPSA) is 66.9 Å². The third kappa shape index (κ3) is 4.81. The summed E-state index contributed by atoms with van der Waals surface area (Å²) in [5, 5.41) is 0. The summed E-state index contributed by atoms with van der Waals surface area (Å²) in [6, 6.07) is 12.9. The molecule has 0 radical (unpaired) electrons. The Morgan fingerprint density at radius 1 is 1.09 bits per heavy atom. The third-order valence-corrected chi connectivity index (χ3v) is 8.33. The van der Waals surface area contributed by atoms with E-state index in [9.17, 15) is 17.6 Å². The summed E-state index contributed by atoms with van der Waals surface area (Å²) in [6.07, 6.45) is 3.95. The molecule has 0 bridgehead atoms. The Morgan fingerprint density at radius 2 is 1.84 bits per heavy atom. The Morgan fingerprint density at radius 3 is 2.59 bits per heavy atom. The lowest BCUT2D eigenvalue weighted by molar-refractivity contribution is -0.137. The van der Waals surface area contributed by atoms with Gasteiger partial charge in [0.1, 0.15) is 11.6 Å². The normalized spacial score (nSPS) is 22.1. The molecule has 4 rings (SSSR count). The fourth-order valence-corrected chi connectivity index (χ4v) is 6.29. The van der Waals surface area contributed by atoms with Crippen molar-refractivity contribution in [3.05, 3.63) is 59.9 Å². The summed E-state index contributed by atoms with van der Waals surface area (Å²) in [5.74, 6) is -0.00154. The van der Waals surface area contributed by atoms with E-state index in [0.29, 0.717) is 25.9 Å². The van der Waals surface area contributed by atoms with E-state index < -0.39 is 15.8 Å². The van der Waals surface area contributed by atoms with E-state index in [1.165, 1.54) is 16.4 Å². The summed E-state index contributed by atoms with van der Waals surface area (Å²) < 4.78 is 46.0. The average molecular weight is 461 g/mol. The number of sulfonamides is 1. The number of nitrogens with zero attached hydrogens (tertiary/aromatic N) is 2. The lowest BCUT2D eigenvalue weighted by atomic mass is 9.96. The van der Waals surface area contributed by atoms with E-state index in [1.807, 2.05) is 29.2 Å². The molecule has 2 aromatic rings. The highest BCUT2D eigenvalue weighted by Crippen LogP contribution is 2.29. The van der Waals surface area contributed by atoms with E-state index in [0.717, 1.165) is 42.7 Å². The van der Waals surface area contributed by atoms with Gasteiger partial charge in [-0.25, -0.2) is 12.8 Å². The molecule has 0 saturated carbocycles. The maximum atomic E-state index is 13.4. The number of rotatable bonds is 6. The number of benzene rings is 2. The highest BCUT2D eigenvalue weighted by Gasteiger charge is 2.38. The van der Waals surface area contributed by atoms with E-state index in [2.05, 4.69) is 0 Å². The fraction of sp³-hybridized carbons (Fsp3) is 0.458. The predicted molar refractivity (Wildman–Crippen MR) is 119 cm³/mol. The molecule has 8 heteroatoms. The highest BCUT2D eigenvalue weighted by atomic mass is 32.2. The molecule has 0 aromatic heterocycles. The van der Waals surface area contributed by atoms with Crippen LogP contribution in [0.15, 0.2) is 53.4 Å². The van der Waals surface area contributed by atoms with Gasteiger partial charge < -0.3 is 9.64 Å². The fourth-order valence-electron chi connectivity index (χ4n) is 4.76. The van der Waals surface area contributed by atoms with Crippen LogP contribution in [0, 0.1) is 11.7 Å². The maximum Gasteiger partial charge on any atom is 0.243 e. The second kappa shape index (κ2) is 9.58. The summed E-state index contributed by atoms with van der Waals surface area (Å²) in [7, 11) is -2.12. The van der Waals surface area contributed by atoms with Crippen molar-refractivity contribution in [3.63, 3.8) is 0 Å². The van der Waals surface area contributed by atoms with Crippen LogP contribution >= 0.6 is 0 Å². The average Bonchev–Trinajstić information content (AvgIpc) is 3.27. The molecule has 2 aromatic carbocycles. The number of ether oxygens (including phenoxy) is 1. The van der Waals surface area contributed by atoms with Crippen LogP contribution in [0.1, 0.15) is 31.2 Å². The SMILES string of the molecule is COc1cccc(CC2CCCN2C(=O)C2CCCN(S(=O)(=O)c3ccc(F)cc3)C2)c1. The molecule has 172 valence electrons. The van der Waals surface area contributed by atoms with Crippen molar-refractivity contribution >= 4 is 15.9 Å². The van der Waals surface area contributed by atoms with Crippen LogP contribution in [0.4, 0.5) is 4.39 Å². The van der Waals surface area contributed by atoms with Crippen molar-refractivity contribution in [1.29, 1.82) is 0 Å². The first-order chi connectivity index (χ1) is 15.4. The molecule has 2 heterocycles. The summed E-state index contributed by atoms with van der Waals surface area (Å²) >= 11 is 0. The molecule has 2 aliphatic heterocycles. The van der Waals surface area contributed by atoms with E-state index in [4.69, 9.17) is 4.74 Å². The second-order valence-electron chi connectivity index (χ2n) is 8.54. The zero-order valence-electron chi connectivity index (χ0n) is 18.2. The van der Waals surface area contributed by atoms with Crippen LogP contribution in [0.3, 0.4) is 0 Å². The molecule has 1 amide bonds. The molecule has 2 unspecified atom stereocenters. The monoisotopic (exact) mass is 460 g/mol. The van der Waals surface area contributed by atoms with Gasteiger partial charge in [0, 0.05) is 25.7 Å². The van der Waals surface area contributed by atoms with Gasteiger partial charge >= 0.3 is 0 Å². The highest BCUT2D eigenvalue weighted by molar-refractivity contribution is 7.89. The molecule has 0 N–H and O–H groups in total. The Labute approximate surface area is 189 Å². The van der Waals surface area contributed by atoms with Crippen molar-refractivity contribution in [1.82, 2.24) is 9.21 Å². The van der Waals surface area contributed by atoms with Crippen LogP contribution in [-0.4, -0.2) is 56.3 Å². The van der Waals surface area contributed by atoms with Gasteiger partial charge in [-0.1, -0.05) is 12.1 Å². The number of methoxy groups -OCH3 is 1. The quantitative estimate of drug-likeness (QED) is 0.662. The molecule has 6 nitrogen and oxygen atoms in total. The standard InChI is InChI=1S/C24H29FN2O4S/c1-31-22-8-2-5-18(16-22)15-21-7-4-14-27(21)24(28)19-6-3-13-26(17-19)32(29,30)23-11-9-20(25)10-12-23/h2,5,8-12,16,19,21H,3-4,6-7,13-15,17H2,1H3. The minimum absolute atomic E-state index is 0.0365. The van der Waals surface area contributed by atoms with Crippen molar-refractivity contribution in [2.45, 2.75) is 43.0 Å². The molecule has 2 atom stereocenters. The van der Waals surface area contributed by atoms with Crippen LogP contribution in [0.5, 0.6) is 5.75 Å². The van der Waals surface area contributed by atoms with Gasteiger partial charge in [-0.15, -0.1) is 0 Å². The summed E-state index contributed by atoms with van der Waals surface area (Å²) in [4.78, 5) is 15.4. The largest absolute Gasteiger partial charge is 0.497 e. The summed E-state index contributed by atoms with van der Waals surface area (Å²) in [6.45, 7) is 1.24. The van der Waals surface area contributed by atoms with Crippen molar-refractivity contribution < 1.29 is 22.3 Å². The third-order valence-electron chi connectivity index (χ3n) is 6.45. The Hall–Kier alpha value is -2.45. The van der Waals surface area contributed by atoms with Gasteiger partial charge in [0.2, 0.25) is 15.9 Å². The lowest BCUT2D eigenvalue weighted by Gasteiger charge is -2.35. The van der Waals surface area contributed by atoms with Gasteiger partial charge in [0.25, 0.3) is 0 Å². The first-order valence-corrected chi connectivity index (χ1v) is 12.5. The second-order valence-corrected chi connectivity index (χ2v) is 10.5. The van der Waals surface area contributed by atoms with E-state index in [-0.39, 0.29) is 29.3 Å². The molecular weight excluding hydrogens is 431 g/mol. The Balaban J connectivity index is 1.45. The number of amides is 1. The molecule has 0 aliphatic carbocycles. The smallest absolute Gasteiger partial charge is 0.243 e. The molecule has 2 fully saturated rings. The number of likely N-dealkylation sites (tertiary alicyclic amines) is 1. The van der Waals surface area contributed by atoms with Crippen molar-refractivity contribution in [2.75, 3.05) is 26.7 Å². The van der Waals surface area contributed by atoms with Crippen LogP contribution in [-0.2, 0) is 21.2 Å². The first-order valence-electron chi connectivity index (χ1n) is 11.1. The Bertz CT molecular complexity index is 1060. The first kappa shape index (κ1) is 22.7. The number of halogens is 1. The molecular formula is C24H29FN2O4S. The molecule has 2 aliphatic rings. The number of carbonyl (C=O) groups excluding carboxylic acids is 1. The van der Waals surface area contributed by atoms with Gasteiger partial charge in [0.15, 0.2) is 0 Å². The number of hydrogen-bond donors (Lipinski definition) is 0. The number of carbonyl (C=O) groups is 1. The van der Waals surface area contributed by atoms with E-state index >= 15 is 0 Å². The lowest BCUT2D eigenvalue weighted by Crippen LogP contribution is -2.48. The molecule has 32 heavy (non-hydrogen) atoms. The maximum absolute atomic E-state index is 13.4. The van der Waals surface area contributed by atoms with Crippen molar-refractivity contribution in [2.24, 2.45) is 5.92 Å². The van der Waals surface area contributed by atoms with Gasteiger partial charge in [-0.2, -0.15) is 4.31 Å². The van der Waals surface area contributed by atoms with E-state index in [1.54, 1.807) is 7.11 Å². The van der Waals surface area contributed by atoms with Crippen LogP contribution in [0.25, 0.3) is 0 Å². The number of hydrogen-bond acceptors (Lipinski definition) is 4. The Kier molecular flexibility index (Phi) is 6.81. The molecule has 0 spiro atoms. The minimum atomic E-state index is -3.76. The van der Waals surface area contributed by atoms with Crippen LogP contribution < -0.4 is 4.74 Å². The van der Waals surface area contributed by atoms with Crippen molar-refractivity contribution in [3.8, 4) is 5.75 Å². The van der Waals surface area contributed by atoms with Gasteiger partial charge in [-0.3, -0.25) is 4.79 Å². The zero-order valence-corrected chi connectivity index (χ0v) is 19.1. The van der Waals surface area contributed by atoms with Crippen LogP contribution in [0.2, 0.25) is 0 Å².